The van der Waals surface area contributed by atoms with Crippen LogP contribution in [0.4, 0.5) is 5.69 Å². The summed E-state index contributed by atoms with van der Waals surface area (Å²) in [5.74, 6) is 2.80. The fourth-order valence-corrected chi connectivity index (χ4v) is 7.78. The molecule has 1 saturated carbocycles. The van der Waals surface area contributed by atoms with Crippen molar-refractivity contribution in [1.82, 2.24) is 0 Å². The Morgan fingerprint density at radius 2 is 1.70 bits per heavy atom. The Morgan fingerprint density at radius 1 is 0.960 bits per heavy atom. The molecule has 2 aliphatic carbocycles. The van der Waals surface area contributed by atoms with Gasteiger partial charge in [-0.3, -0.25) is 9.59 Å². The van der Waals surface area contributed by atoms with E-state index in [9.17, 15) is 9.59 Å². The molecule has 6 nitrogen and oxygen atoms in total. The minimum Gasteiger partial charge on any atom is -0.497 e. The first-order valence-electron chi connectivity index (χ1n) is 19.1. The molecule has 5 unspecified atom stereocenters. The van der Waals surface area contributed by atoms with E-state index in [0.29, 0.717) is 49.6 Å². The van der Waals surface area contributed by atoms with Crippen molar-refractivity contribution in [3.05, 3.63) is 95.2 Å². The number of carbonyl (C=O) groups excluding carboxylic acids is 2. The summed E-state index contributed by atoms with van der Waals surface area (Å²) in [5.41, 5.74) is 12.4. The van der Waals surface area contributed by atoms with Crippen molar-refractivity contribution < 1.29 is 14.3 Å². The highest BCUT2D eigenvalue weighted by Gasteiger charge is 2.28. The van der Waals surface area contributed by atoms with Gasteiger partial charge in [0.05, 0.1) is 13.2 Å². The number of ketones is 2. The predicted octanol–water partition coefficient (Wildman–Crippen LogP) is 10.3. The van der Waals surface area contributed by atoms with Gasteiger partial charge in [-0.15, -0.1) is 0 Å². The molecular formula is C44H61N3O3. The fourth-order valence-electron chi connectivity index (χ4n) is 7.78. The van der Waals surface area contributed by atoms with Crippen LogP contribution in [-0.4, -0.2) is 30.9 Å². The number of hydrogen-bond acceptors (Lipinski definition) is 6. The largest absolute Gasteiger partial charge is 0.497 e. The molecule has 4 rings (SSSR count). The first-order chi connectivity index (χ1) is 24.2. The van der Waals surface area contributed by atoms with Crippen molar-refractivity contribution in [2.75, 3.05) is 12.4 Å². The number of methoxy groups -OCH3 is 1. The van der Waals surface area contributed by atoms with Gasteiger partial charge in [0.25, 0.3) is 0 Å². The van der Waals surface area contributed by atoms with Gasteiger partial charge in [0.15, 0.2) is 5.78 Å². The zero-order valence-corrected chi connectivity index (χ0v) is 30.9. The predicted molar refractivity (Wildman–Crippen MR) is 208 cm³/mol. The Morgan fingerprint density at radius 3 is 2.40 bits per heavy atom. The van der Waals surface area contributed by atoms with Crippen LogP contribution in [0.25, 0.3) is 0 Å². The fraction of sp³-hybridized carbons (Fsp3) is 0.523. The molecular weight excluding hydrogens is 619 g/mol. The number of nitrogens with two attached hydrogens (primary N) is 1. The topological polar surface area (TPSA) is 105 Å². The van der Waals surface area contributed by atoms with Crippen molar-refractivity contribution >= 4 is 23.5 Å². The van der Waals surface area contributed by atoms with Crippen LogP contribution in [0.1, 0.15) is 121 Å². The standard InChI is InChI=1S/C44H61N3O3/c1-5-7-33(12-13-34-8-6-9-36(17-14-34)32(3)28-39(46)30-45)11-10-31(2)37-18-21-40(22-19-37)47-42-25-27-43(48)38(20-26-44(42)49)29-35-15-23-41(50-4)24-16-35/h8,15-16,18-19,21-24,28,30-31,33,36,38,42,45,47H,3,5-7,9-14,17,20,25-27,29,46H2,1-2,4H3/b39-28+,45-30?. The number of hydrogen-bond donors (Lipinski definition) is 3. The molecule has 0 bridgehead atoms. The van der Waals surface area contributed by atoms with Gasteiger partial charge >= 0.3 is 0 Å². The normalized spacial score (nSPS) is 21.6. The lowest BCUT2D eigenvalue weighted by Gasteiger charge is -2.25. The maximum absolute atomic E-state index is 13.2. The molecule has 2 aromatic carbocycles. The number of Topliss-reactive ketones (excluding diaryl/α,β-unsaturated/α-hetero) is 2. The molecule has 0 spiro atoms. The summed E-state index contributed by atoms with van der Waals surface area (Å²) in [6, 6.07) is 16.2. The number of benzene rings is 2. The van der Waals surface area contributed by atoms with E-state index in [0.717, 1.165) is 54.2 Å². The summed E-state index contributed by atoms with van der Waals surface area (Å²) in [5, 5.41) is 10.8. The molecule has 0 aliphatic heterocycles. The second-order valence-electron chi connectivity index (χ2n) is 14.8. The molecule has 6 heteroatoms. The van der Waals surface area contributed by atoms with Crippen LogP contribution < -0.4 is 15.8 Å². The minimum absolute atomic E-state index is 0.110. The van der Waals surface area contributed by atoms with Crippen LogP contribution in [0.3, 0.4) is 0 Å². The summed E-state index contributed by atoms with van der Waals surface area (Å²) < 4.78 is 5.25. The van der Waals surface area contributed by atoms with E-state index in [1.807, 2.05) is 30.3 Å². The van der Waals surface area contributed by atoms with E-state index in [2.05, 4.69) is 56.1 Å². The molecule has 270 valence electrons. The van der Waals surface area contributed by atoms with Gasteiger partial charge in [0.2, 0.25) is 0 Å². The van der Waals surface area contributed by atoms with Crippen molar-refractivity contribution in [2.45, 2.75) is 122 Å². The quantitative estimate of drug-likeness (QED) is 0.0877. The monoisotopic (exact) mass is 679 g/mol. The molecule has 0 radical (unpaired) electrons. The number of allylic oxidation sites excluding steroid dienone is 5. The smallest absolute Gasteiger partial charge is 0.155 e. The SMILES string of the molecule is C=C(/C=C(/N)C=N)C1CCC=C(CCC(CCC)CCC(C)c2ccc(NC3CCC(=O)C(Cc4ccc(OC)cc4)CCC3=O)cc2)CC1. The van der Waals surface area contributed by atoms with Gasteiger partial charge in [-0.25, -0.2) is 0 Å². The molecule has 1 fully saturated rings. The van der Waals surface area contributed by atoms with E-state index < -0.39 is 0 Å². The highest BCUT2D eigenvalue weighted by atomic mass is 16.5. The Kier molecular flexibility index (Phi) is 15.6. The molecule has 0 aromatic heterocycles. The molecule has 0 heterocycles. The van der Waals surface area contributed by atoms with Crippen molar-refractivity contribution in [2.24, 2.45) is 23.5 Å². The molecule has 5 atom stereocenters. The third-order valence-corrected chi connectivity index (χ3v) is 11.1. The number of nitrogens with one attached hydrogen (secondary N) is 2. The average Bonchev–Trinajstić information content (AvgIpc) is 3.38. The summed E-state index contributed by atoms with van der Waals surface area (Å²) in [6.07, 6.45) is 20.0. The van der Waals surface area contributed by atoms with Crippen molar-refractivity contribution in [1.29, 1.82) is 5.41 Å². The van der Waals surface area contributed by atoms with Gasteiger partial charge in [0, 0.05) is 36.4 Å². The van der Waals surface area contributed by atoms with Crippen LogP contribution in [0.2, 0.25) is 0 Å². The lowest BCUT2D eigenvalue weighted by atomic mass is 9.83. The van der Waals surface area contributed by atoms with Gasteiger partial charge in [0.1, 0.15) is 11.5 Å². The Hall–Kier alpha value is -3.93. The summed E-state index contributed by atoms with van der Waals surface area (Å²) in [6.45, 7) is 8.87. The lowest BCUT2D eigenvalue weighted by molar-refractivity contribution is -0.126. The van der Waals surface area contributed by atoms with E-state index in [-0.39, 0.29) is 23.5 Å². The minimum atomic E-state index is -0.324. The van der Waals surface area contributed by atoms with Gasteiger partial charge in [-0.05, 0) is 135 Å². The first-order valence-corrected chi connectivity index (χ1v) is 19.1. The molecule has 2 aliphatic rings. The summed E-state index contributed by atoms with van der Waals surface area (Å²) in [7, 11) is 1.65. The van der Waals surface area contributed by atoms with E-state index in [1.54, 1.807) is 12.7 Å². The molecule has 2 aromatic rings. The summed E-state index contributed by atoms with van der Waals surface area (Å²) >= 11 is 0. The zero-order chi connectivity index (χ0) is 35.9. The van der Waals surface area contributed by atoms with Gasteiger partial charge in [-0.1, -0.05) is 69.2 Å². The van der Waals surface area contributed by atoms with Gasteiger partial charge in [-0.2, -0.15) is 0 Å². The number of anilines is 1. The van der Waals surface area contributed by atoms with E-state index in [1.165, 1.54) is 50.3 Å². The second kappa shape index (κ2) is 20.1. The third kappa shape index (κ3) is 12.1. The van der Waals surface area contributed by atoms with Crippen molar-refractivity contribution in [3.63, 3.8) is 0 Å². The van der Waals surface area contributed by atoms with Crippen LogP contribution in [0, 0.1) is 23.2 Å². The maximum Gasteiger partial charge on any atom is 0.155 e. The molecule has 4 N–H and O–H groups in total. The second-order valence-corrected chi connectivity index (χ2v) is 14.8. The Balaban J connectivity index is 1.22. The summed E-state index contributed by atoms with van der Waals surface area (Å²) in [4.78, 5) is 26.3. The van der Waals surface area contributed by atoms with E-state index >= 15 is 0 Å². The number of rotatable bonds is 17. The lowest BCUT2D eigenvalue weighted by Crippen LogP contribution is -2.34. The molecule has 0 saturated heterocycles. The average molecular weight is 680 g/mol. The molecule has 0 amide bonds. The van der Waals surface area contributed by atoms with Crippen molar-refractivity contribution in [3.8, 4) is 5.75 Å². The Labute approximate surface area is 301 Å². The maximum atomic E-state index is 13.2. The highest BCUT2D eigenvalue weighted by Crippen LogP contribution is 2.34. The van der Waals surface area contributed by atoms with Crippen LogP contribution in [-0.2, 0) is 16.0 Å². The van der Waals surface area contributed by atoms with Crippen LogP contribution >= 0.6 is 0 Å². The van der Waals surface area contributed by atoms with Crippen LogP contribution in [0.15, 0.2) is 84.1 Å². The number of ether oxygens (including phenoxy) is 1. The molecule has 50 heavy (non-hydrogen) atoms. The zero-order valence-electron chi connectivity index (χ0n) is 30.9. The Bertz CT molecular complexity index is 1470. The first kappa shape index (κ1) is 38.9. The van der Waals surface area contributed by atoms with E-state index in [4.69, 9.17) is 15.9 Å². The number of carbonyl (C=O) groups is 2. The highest BCUT2D eigenvalue weighted by molar-refractivity contribution is 5.90. The van der Waals surface area contributed by atoms with Crippen LogP contribution in [0.5, 0.6) is 5.75 Å². The third-order valence-electron chi connectivity index (χ3n) is 11.1. The van der Waals surface area contributed by atoms with Gasteiger partial charge < -0.3 is 21.2 Å².